The first kappa shape index (κ1) is 15.1. The molecule has 5 nitrogen and oxygen atoms in total. The fourth-order valence-corrected chi connectivity index (χ4v) is 3.85. The Hall–Kier alpha value is -2.47. The summed E-state index contributed by atoms with van der Waals surface area (Å²) in [5.74, 6) is 1.16. The van der Waals surface area contributed by atoms with Crippen LogP contribution in [0.1, 0.15) is 45.5 Å². The second-order valence-corrected chi connectivity index (χ2v) is 7.23. The number of aryl methyl sites for hydroxylation is 2. The Labute approximate surface area is 143 Å². The molecule has 0 atom stereocenters. The standard InChI is InChI=1S/C18H18N4OS/c1-9-5-3-4-6-12(9)21-17(23)15-14(19)13-10(2)20-16(11-7-8-11)22-18(13)24-15/h3-6,11H,7-8,19H2,1-2H3,(H,21,23). The molecule has 1 fully saturated rings. The largest absolute Gasteiger partial charge is 0.397 e. The van der Waals surface area contributed by atoms with Gasteiger partial charge in [0, 0.05) is 11.6 Å². The summed E-state index contributed by atoms with van der Waals surface area (Å²) in [5, 5.41) is 3.75. The number of carbonyl (C=O) groups is 1. The molecular weight excluding hydrogens is 320 g/mol. The molecule has 0 unspecified atom stereocenters. The van der Waals surface area contributed by atoms with E-state index in [1.807, 2.05) is 38.1 Å². The normalized spacial score (nSPS) is 14.1. The quantitative estimate of drug-likeness (QED) is 0.756. The first-order valence-electron chi connectivity index (χ1n) is 7.98. The van der Waals surface area contributed by atoms with Gasteiger partial charge in [-0.15, -0.1) is 11.3 Å². The van der Waals surface area contributed by atoms with Crippen LogP contribution in [-0.2, 0) is 0 Å². The maximum Gasteiger partial charge on any atom is 0.267 e. The van der Waals surface area contributed by atoms with Crippen LogP contribution in [0.5, 0.6) is 0 Å². The van der Waals surface area contributed by atoms with Gasteiger partial charge in [-0.2, -0.15) is 0 Å². The predicted octanol–water partition coefficient (Wildman–Crippen LogP) is 4.02. The molecule has 2 aromatic heterocycles. The molecule has 6 heteroatoms. The number of aromatic nitrogens is 2. The number of anilines is 2. The molecule has 1 aromatic carbocycles. The van der Waals surface area contributed by atoms with E-state index in [0.29, 0.717) is 16.5 Å². The number of nitrogen functional groups attached to an aromatic ring is 1. The minimum atomic E-state index is -0.197. The third-order valence-electron chi connectivity index (χ3n) is 4.33. The molecular formula is C18H18N4OS. The van der Waals surface area contributed by atoms with Crippen molar-refractivity contribution < 1.29 is 4.79 Å². The van der Waals surface area contributed by atoms with Crippen molar-refractivity contribution in [3.8, 4) is 0 Å². The van der Waals surface area contributed by atoms with Gasteiger partial charge in [-0.05, 0) is 38.3 Å². The van der Waals surface area contributed by atoms with Crippen LogP contribution in [0.15, 0.2) is 24.3 Å². The molecule has 0 spiro atoms. The summed E-state index contributed by atoms with van der Waals surface area (Å²) in [4.78, 5) is 23.2. The zero-order valence-electron chi connectivity index (χ0n) is 13.6. The van der Waals surface area contributed by atoms with Crippen LogP contribution in [0.25, 0.3) is 10.2 Å². The third-order valence-corrected chi connectivity index (χ3v) is 5.43. The predicted molar refractivity (Wildman–Crippen MR) is 97.7 cm³/mol. The van der Waals surface area contributed by atoms with Gasteiger partial charge in [0.05, 0.1) is 16.8 Å². The number of nitrogens with two attached hydrogens (primary N) is 1. The van der Waals surface area contributed by atoms with Gasteiger partial charge in [-0.3, -0.25) is 4.79 Å². The van der Waals surface area contributed by atoms with Crippen molar-refractivity contribution in [2.45, 2.75) is 32.6 Å². The Morgan fingerprint density at radius 3 is 2.71 bits per heavy atom. The number of hydrogen-bond donors (Lipinski definition) is 2. The van der Waals surface area contributed by atoms with Crippen molar-refractivity contribution in [3.05, 3.63) is 46.2 Å². The number of benzene rings is 1. The summed E-state index contributed by atoms with van der Waals surface area (Å²) in [7, 11) is 0. The van der Waals surface area contributed by atoms with E-state index in [4.69, 9.17) is 5.73 Å². The van der Waals surface area contributed by atoms with Crippen LogP contribution in [0, 0.1) is 13.8 Å². The Kier molecular flexibility index (Phi) is 3.49. The summed E-state index contributed by atoms with van der Waals surface area (Å²) < 4.78 is 0. The number of nitrogens with one attached hydrogen (secondary N) is 1. The van der Waals surface area contributed by atoms with Crippen molar-refractivity contribution in [2.24, 2.45) is 0 Å². The summed E-state index contributed by atoms with van der Waals surface area (Å²) in [5.41, 5.74) is 9.37. The van der Waals surface area contributed by atoms with Gasteiger partial charge in [-0.25, -0.2) is 9.97 Å². The zero-order chi connectivity index (χ0) is 16.8. The van der Waals surface area contributed by atoms with Crippen LogP contribution >= 0.6 is 11.3 Å². The molecule has 1 aliphatic carbocycles. The number of hydrogen-bond acceptors (Lipinski definition) is 5. The highest BCUT2D eigenvalue weighted by Crippen LogP contribution is 2.41. The van der Waals surface area contributed by atoms with Gasteiger partial charge in [0.1, 0.15) is 15.5 Å². The van der Waals surface area contributed by atoms with E-state index in [0.717, 1.165) is 45.8 Å². The molecule has 4 rings (SSSR count). The molecule has 0 saturated heterocycles. The Morgan fingerprint density at radius 1 is 1.25 bits per heavy atom. The van der Waals surface area contributed by atoms with Gasteiger partial charge in [0.15, 0.2) is 0 Å². The summed E-state index contributed by atoms with van der Waals surface area (Å²) >= 11 is 1.34. The molecule has 1 amide bonds. The molecule has 0 aliphatic heterocycles. The van der Waals surface area contributed by atoms with Gasteiger partial charge in [0.25, 0.3) is 5.91 Å². The molecule has 2 heterocycles. The van der Waals surface area contributed by atoms with Gasteiger partial charge >= 0.3 is 0 Å². The van der Waals surface area contributed by atoms with E-state index in [1.165, 1.54) is 11.3 Å². The highest BCUT2D eigenvalue weighted by Gasteiger charge is 2.28. The smallest absolute Gasteiger partial charge is 0.267 e. The fraction of sp³-hybridized carbons (Fsp3) is 0.278. The molecule has 1 aliphatic rings. The number of fused-ring (bicyclic) bond motifs is 1. The lowest BCUT2D eigenvalue weighted by atomic mass is 10.2. The number of para-hydroxylation sites is 1. The van der Waals surface area contributed by atoms with E-state index in [1.54, 1.807) is 0 Å². The average Bonchev–Trinajstić information content (AvgIpc) is 3.34. The molecule has 0 bridgehead atoms. The topological polar surface area (TPSA) is 80.9 Å². The summed E-state index contributed by atoms with van der Waals surface area (Å²) in [6.45, 7) is 3.89. The minimum Gasteiger partial charge on any atom is -0.397 e. The minimum absolute atomic E-state index is 0.197. The van der Waals surface area contributed by atoms with Crippen LogP contribution in [-0.4, -0.2) is 15.9 Å². The monoisotopic (exact) mass is 338 g/mol. The number of amides is 1. The zero-order valence-corrected chi connectivity index (χ0v) is 14.4. The van der Waals surface area contributed by atoms with Crippen LogP contribution in [0.4, 0.5) is 11.4 Å². The van der Waals surface area contributed by atoms with E-state index in [9.17, 15) is 4.79 Å². The summed E-state index contributed by atoms with van der Waals surface area (Å²) in [6.07, 6.45) is 2.29. The van der Waals surface area contributed by atoms with E-state index < -0.39 is 0 Å². The van der Waals surface area contributed by atoms with Crippen LogP contribution in [0.2, 0.25) is 0 Å². The fourth-order valence-electron chi connectivity index (χ4n) is 2.80. The van der Waals surface area contributed by atoms with Crippen molar-refractivity contribution in [1.82, 2.24) is 9.97 Å². The lowest BCUT2D eigenvalue weighted by molar-refractivity contribution is 0.103. The highest BCUT2D eigenvalue weighted by atomic mass is 32.1. The van der Waals surface area contributed by atoms with Crippen LogP contribution < -0.4 is 11.1 Å². The Bertz CT molecular complexity index is 959. The molecule has 122 valence electrons. The number of thiophene rings is 1. The molecule has 24 heavy (non-hydrogen) atoms. The van der Waals surface area contributed by atoms with Crippen molar-refractivity contribution >= 4 is 38.8 Å². The van der Waals surface area contributed by atoms with E-state index in [2.05, 4.69) is 15.3 Å². The second-order valence-electron chi connectivity index (χ2n) is 6.24. The maximum atomic E-state index is 12.7. The molecule has 0 radical (unpaired) electrons. The number of carbonyl (C=O) groups excluding carboxylic acids is 1. The first-order valence-corrected chi connectivity index (χ1v) is 8.79. The van der Waals surface area contributed by atoms with E-state index >= 15 is 0 Å². The number of nitrogens with zero attached hydrogens (tertiary/aromatic N) is 2. The molecule has 1 saturated carbocycles. The maximum absolute atomic E-state index is 12.7. The van der Waals surface area contributed by atoms with Gasteiger partial charge in [0.2, 0.25) is 0 Å². The molecule has 3 aromatic rings. The Morgan fingerprint density at radius 2 is 2.00 bits per heavy atom. The number of rotatable bonds is 3. The Balaban J connectivity index is 1.73. The first-order chi connectivity index (χ1) is 11.5. The summed E-state index contributed by atoms with van der Waals surface area (Å²) in [6, 6.07) is 7.68. The van der Waals surface area contributed by atoms with Crippen LogP contribution in [0.3, 0.4) is 0 Å². The average molecular weight is 338 g/mol. The lowest BCUT2D eigenvalue weighted by Gasteiger charge is -2.07. The SMILES string of the molecule is Cc1ccccc1NC(=O)c1sc2nc(C3CC3)nc(C)c2c1N. The lowest BCUT2D eigenvalue weighted by Crippen LogP contribution is -2.12. The highest BCUT2D eigenvalue weighted by molar-refractivity contribution is 7.21. The van der Waals surface area contributed by atoms with E-state index in [-0.39, 0.29) is 5.91 Å². The van der Waals surface area contributed by atoms with Crippen molar-refractivity contribution in [3.63, 3.8) is 0 Å². The van der Waals surface area contributed by atoms with Crippen molar-refractivity contribution in [2.75, 3.05) is 11.1 Å². The molecule has 3 N–H and O–H groups in total. The second kappa shape index (κ2) is 5.56. The van der Waals surface area contributed by atoms with Gasteiger partial charge < -0.3 is 11.1 Å². The van der Waals surface area contributed by atoms with Gasteiger partial charge in [-0.1, -0.05) is 18.2 Å². The van der Waals surface area contributed by atoms with Crippen molar-refractivity contribution in [1.29, 1.82) is 0 Å². The third kappa shape index (κ3) is 2.53.